The zero-order valence-electron chi connectivity index (χ0n) is 18.7. The third-order valence-electron chi connectivity index (χ3n) is 5.90. The first-order chi connectivity index (χ1) is 14.6. The maximum absolute atomic E-state index is 5.58. The lowest BCUT2D eigenvalue weighted by Gasteiger charge is -2.35. The second-order valence-corrected chi connectivity index (χ2v) is 9.67. The number of hydrogen-bond donors (Lipinski definition) is 2. The van der Waals surface area contributed by atoms with Crippen molar-refractivity contribution in [2.24, 2.45) is 4.99 Å². The lowest BCUT2D eigenvalue weighted by Crippen LogP contribution is -2.48. The predicted octanol–water partition coefficient (Wildman–Crippen LogP) is 2.53. The van der Waals surface area contributed by atoms with E-state index in [1.807, 2.05) is 13.1 Å². The fourth-order valence-electron chi connectivity index (χ4n) is 4.07. The average molecular weight is 437 g/mol. The van der Waals surface area contributed by atoms with E-state index in [1.165, 1.54) is 24.2 Å². The van der Waals surface area contributed by atoms with E-state index in [-0.39, 0.29) is 6.04 Å². The van der Waals surface area contributed by atoms with Crippen LogP contribution in [0.4, 0.5) is 0 Å². The minimum absolute atomic E-state index is 0.184. The third kappa shape index (κ3) is 5.95. The number of rotatable bonds is 8. The minimum atomic E-state index is 0.184. The summed E-state index contributed by atoms with van der Waals surface area (Å²) in [4.78, 5) is 6.91. The first-order valence-electron chi connectivity index (χ1n) is 10.7. The van der Waals surface area contributed by atoms with Crippen LogP contribution in [-0.2, 0) is 4.74 Å². The van der Waals surface area contributed by atoms with E-state index in [2.05, 4.69) is 51.3 Å². The number of morpholine rings is 1. The molecule has 1 aromatic rings. The van der Waals surface area contributed by atoms with Gasteiger partial charge in [0.2, 0.25) is 0 Å². The van der Waals surface area contributed by atoms with Crippen molar-refractivity contribution in [1.82, 2.24) is 15.5 Å². The topological polar surface area (TPSA) is 67.4 Å². The normalized spacial score (nSPS) is 23.8. The van der Waals surface area contributed by atoms with E-state index in [4.69, 9.17) is 14.2 Å². The van der Waals surface area contributed by atoms with Crippen LogP contribution in [0.15, 0.2) is 23.2 Å². The van der Waals surface area contributed by atoms with E-state index >= 15 is 0 Å². The van der Waals surface area contributed by atoms with Crippen LogP contribution in [0.5, 0.6) is 11.5 Å². The molecule has 168 valence electrons. The Morgan fingerprint density at radius 2 is 2.00 bits per heavy atom. The van der Waals surface area contributed by atoms with Crippen LogP contribution in [0.1, 0.15) is 31.4 Å². The molecule has 1 aromatic carbocycles. The molecule has 2 saturated heterocycles. The van der Waals surface area contributed by atoms with E-state index in [1.54, 1.807) is 14.2 Å². The highest BCUT2D eigenvalue weighted by Gasteiger charge is 2.30. The van der Waals surface area contributed by atoms with Crippen molar-refractivity contribution in [3.8, 4) is 11.5 Å². The van der Waals surface area contributed by atoms with Gasteiger partial charge in [-0.3, -0.25) is 9.89 Å². The number of benzene rings is 1. The molecule has 7 nitrogen and oxygen atoms in total. The van der Waals surface area contributed by atoms with Gasteiger partial charge in [0.05, 0.1) is 33.5 Å². The summed E-state index contributed by atoms with van der Waals surface area (Å²) >= 11 is 2.06. The summed E-state index contributed by atoms with van der Waals surface area (Å²) < 4.78 is 16.8. The molecule has 2 atom stereocenters. The van der Waals surface area contributed by atoms with Crippen molar-refractivity contribution in [1.29, 1.82) is 0 Å². The highest BCUT2D eigenvalue weighted by Crippen LogP contribution is 2.37. The zero-order valence-corrected chi connectivity index (χ0v) is 19.5. The van der Waals surface area contributed by atoms with E-state index in [0.717, 1.165) is 56.9 Å². The third-order valence-corrected chi connectivity index (χ3v) is 7.43. The molecule has 0 spiro atoms. The molecule has 2 aliphatic heterocycles. The van der Waals surface area contributed by atoms with Crippen LogP contribution in [0.2, 0.25) is 0 Å². The number of guanidine groups is 1. The van der Waals surface area contributed by atoms with Crippen LogP contribution in [0, 0.1) is 0 Å². The Balaban J connectivity index is 1.69. The highest BCUT2D eigenvalue weighted by atomic mass is 32.2. The van der Waals surface area contributed by atoms with Gasteiger partial charge in [-0.1, -0.05) is 6.07 Å². The fourth-order valence-corrected chi connectivity index (χ4v) is 5.31. The number of hydrogen-bond acceptors (Lipinski definition) is 6. The predicted molar refractivity (Wildman–Crippen MR) is 124 cm³/mol. The van der Waals surface area contributed by atoms with Gasteiger partial charge >= 0.3 is 0 Å². The summed E-state index contributed by atoms with van der Waals surface area (Å²) in [5, 5.41) is 7.08. The summed E-state index contributed by atoms with van der Waals surface area (Å²) in [5.41, 5.74) is 1.19. The Bertz CT molecular complexity index is 704. The summed E-state index contributed by atoms with van der Waals surface area (Å²) in [6, 6.07) is 6.36. The van der Waals surface area contributed by atoms with E-state index < -0.39 is 0 Å². The van der Waals surface area contributed by atoms with Crippen molar-refractivity contribution in [2.75, 3.05) is 66.4 Å². The molecule has 2 N–H and O–H groups in total. The van der Waals surface area contributed by atoms with Crippen molar-refractivity contribution >= 4 is 17.7 Å². The second kappa shape index (κ2) is 11.1. The van der Waals surface area contributed by atoms with Crippen molar-refractivity contribution in [3.05, 3.63) is 23.8 Å². The maximum Gasteiger partial charge on any atom is 0.191 e. The van der Waals surface area contributed by atoms with Gasteiger partial charge < -0.3 is 24.8 Å². The van der Waals surface area contributed by atoms with Gasteiger partial charge in [0.25, 0.3) is 0 Å². The Kier molecular flexibility index (Phi) is 8.53. The molecule has 0 aromatic heterocycles. The van der Waals surface area contributed by atoms with Crippen molar-refractivity contribution in [3.63, 3.8) is 0 Å². The Morgan fingerprint density at radius 3 is 2.63 bits per heavy atom. The molecular weight excluding hydrogens is 400 g/mol. The minimum Gasteiger partial charge on any atom is -0.493 e. The van der Waals surface area contributed by atoms with Gasteiger partial charge in [-0.15, -0.1) is 0 Å². The lowest BCUT2D eigenvalue weighted by atomic mass is 10.0. The van der Waals surface area contributed by atoms with E-state index in [9.17, 15) is 0 Å². The SMILES string of the molecule is CN=C(NCC(c1ccc(OC)c(OC)c1)N1CCOCC1)NCC1(C)CCCS1. The second-order valence-electron chi connectivity index (χ2n) is 7.99. The molecule has 0 amide bonds. The van der Waals surface area contributed by atoms with Crippen molar-refractivity contribution in [2.45, 2.75) is 30.6 Å². The monoisotopic (exact) mass is 436 g/mol. The van der Waals surface area contributed by atoms with Gasteiger partial charge in [-0.25, -0.2) is 0 Å². The molecule has 8 heteroatoms. The summed E-state index contributed by atoms with van der Waals surface area (Å²) in [6.45, 7) is 7.33. The largest absolute Gasteiger partial charge is 0.493 e. The zero-order chi connectivity index (χ0) is 21.4. The summed E-state index contributed by atoms with van der Waals surface area (Å²) in [7, 11) is 5.17. The molecule has 0 bridgehead atoms. The fraction of sp³-hybridized carbons (Fsp3) is 0.682. The van der Waals surface area contributed by atoms with Gasteiger partial charge in [-0.05, 0) is 43.2 Å². The smallest absolute Gasteiger partial charge is 0.191 e. The first-order valence-corrected chi connectivity index (χ1v) is 11.7. The van der Waals surface area contributed by atoms with Crippen LogP contribution < -0.4 is 20.1 Å². The number of ether oxygens (including phenoxy) is 3. The average Bonchev–Trinajstić information content (AvgIpc) is 3.23. The number of nitrogens with zero attached hydrogens (tertiary/aromatic N) is 2. The van der Waals surface area contributed by atoms with Crippen LogP contribution >= 0.6 is 11.8 Å². The Morgan fingerprint density at radius 1 is 1.23 bits per heavy atom. The quantitative estimate of drug-likeness (QED) is 0.479. The lowest BCUT2D eigenvalue weighted by molar-refractivity contribution is 0.0169. The molecule has 2 fully saturated rings. The van der Waals surface area contributed by atoms with Gasteiger partial charge in [0.15, 0.2) is 17.5 Å². The molecular formula is C22H36N4O3S. The highest BCUT2D eigenvalue weighted by molar-refractivity contribution is 8.00. The van der Waals surface area contributed by atoms with E-state index in [0.29, 0.717) is 4.75 Å². The molecule has 0 aliphatic carbocycles. The van der Waals surface area contributed by atoms with Crippen molar-refractivity contribution < 1.29 is 14.2 Å². The summed E-state index contributed by atoms with van der Waals surface area (Å²) in [6.07, 6.45) is 2.55. The van der Waals surface area contributed by atoms with Crippen LogP contribution in [-0.4, -0.2) is 82.0 Å². The maximum atomic E-state index is 5.58. The number of thioether (sulfide) groups is 1. The molecule has 0 radical (unpaired) electrons. The molecule has 3 rings (SSSR count). The van der Waals surface area contributed by atoms with Gasteiger partial charge in [0, 0.05) is 38.0 Å². The number of nitrogens with one attached hydrogen (secondary N) is 2. The molecule has 2 unspecified atom stereocenters. The van der Waals surface area contributed by atoms with Crippen LogP contribution in [0.3, 0.4) is 0 Å². The van der Waals surface area contributed by atoms with Gasteiger partial charge in [-0.2, -0.15) is 11.8 Å². The molecule has 2 heterocycles. The standard InChI is InChI=1S/C22H36N4O3S/c1-22(8-5-13-30-22)16-25-21(23-2)24-15-18(26-9-11-29-12-10-26)17-6-7-19(27-3)20(14-17)28-4/h6-7,14,18H,5,8-13,15-16H2,1-4H3,(H2,23,24,25). The van der Waals surface area contributed by atoms with Crippen LogP contribution in [0.25, 0.3) is 0 Å². The number of methoxy groups -OCH3 is 2. The molecule has 0 saturated carbocycles. The van der Waals surface area contributed by atoms with Gasteiger partial charge in [0.1, 0.15) is 0 Å². The molecule has 2 aliphatic rings. The number of aliphatic imine (C=N–C) groups is 1. The first kappa shape index (κ1) is 23.0. The Labute approximate surface area is 184 Å². The Hall–Kier alpha value is -1.64. The summed E-state index contributed by atoms with van der Waals surface area (Å²) in [5.74, 6) is 3.60. The molecule has 30 heavy (non-hydrogen) atoms.